The molecule has 78 valence electrons. The number of hydrogen-bond donors (Lipinski definition) is 0. The highest BCUT2D eigenvalue weighted by molar-refractivity contribution is 4.73. The van der Waals surface area contributed by atoms with Crippen LogP contribution in [0.2, 0.25) is 0 Å². The van der Waals surface area contributed by atoms with Crippen molar-refractivity contribution in [1.82, 2.24) is 0 Å². The first-order valence-electron chi connectivity index (χ1n) is 5.98. The van der Waals surface area contributed by atoms with Crippen LogP contribution in [0.25, 0.3) is 0 Å². The fourth-order valence-electron chi connectivity index (χ4n) is 2.38. The summed E-state index contributed by atoms with van der Waals surface area (Å²) in [6.45, 7) is 5.28. The van der Waals surface area contributed by atoms with Crippen LogP contribution in [0.1, 0.15) is 58.8 Å². The van der Waals surface area contributed by atoms with E-state index in [1.165, 1.54) is 44.9 Å². The van der Waals surface area contributed by atoms with Crippen molar-refractivity contribution in [3.8, 4) is 0 Å². The van der Waals surface area contributed by atoms with Gasteiger partial charge in [-0.05, 0) is 25.7 Å². The summed E-state index contributed by atoms with van der Waals surface area (Å²) < 4.78 is 5.69. The van der Waals surface area contributed by atoms with Crippen LogP contribution in [0, 0.1) is 5.92 Å². The van der Waals surface area contributed by atoms with E-state index in [1.807, 2.05) is 0 Å². The van der Waals surface area contributed by atoms with Gasteiger partial charge in [0.2, 0.25) is 0 Å². The van der Waals surface area contributed by atoms with Crippen molar-refractivity contribution < 1.29 is 4.74 Å². The van der Waals surface area contributed by atoms with Crippen LogP contribution in [0.15, 0.2) is 0 Å². The molecule has 0 bridgehead atoms. The van der Waals surface area contributed by atoms with Crippen LogP contribution in [0.5, 0.6) is 0 Å². The Morgan fingerprint density at radius 1 is 1.23 bits per heavy atom. The average molecular weight is 184 g/mol. The van der Waals surface area contributed by atoms with Gasteiger partial charge in [0.15, 0.2) is 0 Å². The minimum absolute atomic E-state index is 0.584. The lowest BCUT2D eigenvalue weighted by Gasteiger charge is -2.28. The zero-order valence-corrected chi connectivity index (χ0v) is 9.22. The molecule has 1 heteroatoms. The maximum absolute atomic E-state index is 5.69. The van der Waals surface area contributed by atoms with Gasteiger partial charge >= 0.3 is 0 Å². The molecule has 0 amide bonds. The molecule has 0 unspecified atom stereocenters. The van der Waals surface area contributed by atoms with Crippen LogP contribution < -0.4 is 0 Å². The highest BCUT2D eigenvalue weighted by Gasteiger charge is 2.21. The van der Waals surface area contributed by atoms with Crippen LogP contribution in [-0.2, 0) is 4.74 Å². The van der Waals surface area contributed by atoms with E-state index in [0.717, 1.165) is 12.5 Å². The summed E-state index contributed by atoms with van der Waals surface area (Å²) in [5.74, 6) is 0.963. The molecule has 0 saturated heterocycles. The molecule has 1 aliphatic rings. The van der Waals surface area contributed by atoms with Crippen molar-refractivity contribution in [2.45, 2.75) is 64.9 Å². The molecule has 0 N–H and O–H groups in total. The highest BCUT2D eigenvalue weighted by atomic mass is 16.5. The monoisotopic (exact) mass is 184 g/mol. The first-order chi connectivity index (χ1) is 6.36. The van der Waals surface area contributed by atoms with Crippen LogP contribution in [-0.4, -0.2) is 12.7 Å². The molecule has 0 spiro atoms. The number of ether oxygens (including phenoxy) is 1. The Hall–Kier alpha value is -0.0400. The van der Waals surface area contributed by atoms with Crippen LogP contribution in [0.4, 0.5) is 0 Å². The Morgan fingerprint density at radius 3 is 2.77 bits per heavy atom. The first-order valence-corrected chi connectivity index (χ1v) is 5.98. The van der Waals surface area contributed by atoms with Gasteiger partial charge in [-0.25, -0.2) is 0 Å². The van der Waals surface area contributed by atoms with Crippen molar-refractivity contribution in [1.29, 1.82) is 0 Å². The smallest absolute Gasteiger partial charge is 0.0577 e. The summed E-state index contributed by atoms with van der Waals surface area (Å²) >= 11 is 0. The zero-order valence-electron chi connectivity index (χ0n) is 9.22. The van der Waals surface area contributed by atoms with E-state index in [4.69, 9.17) is 4.74 Å². The fourth-order valence-corrected chi connectivity index (χ4v) is 2.38. The van der Waals surface area contributed by atoms with Gasteiger partial charge in [0.25, 0.3) is 0 Å². The molecule has 0 aromatic heterocycles. The van der Waals surface area contributed by atoms with Crippen LogP contribution >= 0.6 is 0 Å². The maximum atomic E-state index is 5.69. The molecule has 1 rings (SSSR count). The second-order valence-electron chi connectivity index (χ2n) is 4.25. The molecule has 0 aromatic carbocycles. The maximum Gasteiger partial charge on any atom is 0.0577 e. The van der Waals surface area contributed by atoms with Gasteiger partial charge < -0.3 is 4.74 Å². The Bertz CT molecular complexity index is 120. The summed E-state index contributed by atoms with van der Waals surface area (Å²) in [5.41, 5.74) is 0. The standard InChI is InChI=1S/C12H24O/c1-3-5-7-11-8-6-9-12(10-11)13-4-2/h11-12H,3-10H2,1-2H3/t11-,12+/m1/s1. The van der Waals surface area contributed by atoms with Gasteiger partial charge in [0.05, 0.1) is 6.10 Å². The van der Waals surface area contributed by atoms with Gasteiger partial charge in [0, 0.05) is 6.61 Å². The van der Waals surface area contributed by atoms with Crippen molar-refractivity contribution in [2.75, 3.05) is 6.61 Å². The summed E-state index contributed by atoms with van der Waals surface area (Å²) in [6, 6.07) is 0. The summed E-state index contributed by atoms with van der Waals surface area (Å²) in [5, 5.41) is 0. The molecule has 2 atom stereocenters. The van der Waals surface area contributed by atoms with Gasteiger partial charge in [0.1, 0.15) is 0 Å². The van der Waals surface area contributed by atoms with Gasteiger partial charge in [-0.15, -0.1) is 0 Å². The Morgan fingerprint density at radius 2 is 2.08 bits per heavy atom. The highest BCUT2D eigenvalue weighted by Crippen LogP contribution is 2.29. The molecule has 0 radical (unpaired) electrons. The Labute approximate surface area is 82.9 Å². The lowest BCUT2D eigenvalue weighted by atomic mass is 9.84. The van der Waals surface area contributed by atoms with E-state index < -0.39 is 0 Å². The van der Waals surface area contributed by atoms with E-state index in [9.17, 15) is 0 Å². The third-order valence-corrected chi connectivity index (χ3v) is 3.10. The molecular weight excluding hydrogens is 160 g/mol. The van der Waals surface area contributed by atoms with Crippen LogP contribution in [0.3, 0.4) is 0 Å². The minimum atomic E-state index is 0.584. The molecule has 0 heterocycles. The van der Waals surface area contributed by atoms with Crippen molar-refractivity contribution >= 4 is 0 Å². The summed E-state index contributed by atoms with van der Waals surface area (Å²) in [7, 11) is 0. The molecule has 13 heavy (non-hydrogen) atoms. The topological polar surface area (TPSA) is 9.23 Å². The first kappa shape index (κ1) is 11.0. The summed E-state index contributed by atoms with van der Waals surface area (Å²) in [4.78, 5) is 0. The second kappa shape index (κ2) is 6.42. The van der Waals surface area contributed by atoms with E-state index >= 15 is 0 Å². The fraction of sp³-hybridized carbons (Fsp3) is 1.00. The lowest BCUT2D eigenvalue weighted by molar-refractivity contribution is 0.0188. The van der Waals surface area contributed by atoms with Crippen molar-refractivity contribution in [2.24, 2.45) is 5.92 Å². The Kier molecular flexibility index (Phi) is 5.45. The summed E-state index contributed by atoms with van der Waals surface area (Å²) in [6.07, 6.45) is 10.2. The zero-order chi connectivity index (χ0) is 9.52. The SMILES string of the molecule is CCCC[C@@H]1CCC[C@H](OCC)C1. The number of rotatable bonds is 5. The normalized spacial score (nSPS) is 29.1. The molecule has 1 saturated carbocycles. The molecule has 1 aliphatic carbocycles. The average Bonchev–Trinajstić information content (AvgIpc) is 2.16. The number of unbranched alkanes of at least 4 members (excludes halogenated alkanes) is 1. The second-order valence-corrected chi connectivity index (χ2v) is 4.25. The molecule has 1 fully saturated rings. The predicted molar refractivity (Wildman–Crippen MR) is 56.9 cm³/mol. The minimum Gasteiger partial charge on any atom is -0.378 e. The lowest BCUT2D eigenvalue weighted by Crippen LogP contribution is -2.22. The quantitative estimate of drug-likeness (QED) is 0.632. The van der Waals surface area contributed by atoms with Crippen molar-refractivity contribution in [3.05, 3.63) is 0 Å². The van der Waals surface area contributed by atoms with Crippen molar-refractivity contribution in [3.63, 3.8) is 0 Å². The predicted octanol–water partition coefficient (Wildman–Crippen LogP) is 3.77. The molecule has 0 aromatic rings. The van der Waals surface area contributed by atoms with Gasteiger partial charge in [-0.3, -0.25) is 0 Å². The number of hydrogen-bond acceptors (Lipinski definition) is 1. The third kappa shape index (κ3) is 4.12. The van der Waals surface area contributed by atoms with Gasteiger partial charge in [-0.2, -0.15) is 0 Å². The van der Waals surface area contributed by atoms with E-state index in [2.05, 4.69) is 13.8 Å². The van der Waals surface area contributed by atoms with E-state index in [0.29, 0.717) is 6.10 Å². The van der Waals surface area contributed by atoms with Gasteiger partial charge in [-0.1, -0.05) is 39.0 Å². The molecular formula is C12H24O. The van der Waals surface area contributed by atoms with E-state index in [-0.39, 0.29) is 0 Å². The third-order valence-electron chi connectivity index (χ3n) is 3.10. The largest absolute Gasteiger partial charge is 0.378 e. The van der Waals surface area contributed by atoms with E-state index in [1.54, 1.807) is 0 Å². The molecule has 0 aliphatic heterocycles. The molecule has 1 nitrogen and oxygen atoms in total. The Balaban J connectivity index is 2.16.